The number of aromatic amines is 1. The summed E-state index contributed by atoms with van der Waals surface area (Å²) in [6.45, 7) is 2.21. The van der Waals surface area contributed by atoms with Gasteiger partial charge in [-0.15, -0.1) is 0 Å². The molecule has 1 aliphatic heterocycles. The maximum atomic E-state index is 13.9. The first-order chi connectivity index (χ1) is 11.9. The lowest BCUT2D eigenvalue weighted by molar-refractivity contribution is -0.137. The highest BCUT2D eigenvalue weighted by atomic mass is 19.4. The average molecular weight is 357 g/mol. The SMILES string of the molecule is Fc1cc(C(F)(F)F)ccc1CN1CCC(OCc2cnc[nH]2)CC1. The third kappa shape index (κ3) is 4.79. The minimum atomic E-state index is -4.52. The van der Waals surface area contributed by atoms with Crippen LogP contribution >= 0.6 is 0 Å². The molecule has 0 bridgehead atoms. The lowest BCUT2D eigenvalue weighted by atomic mass is 10.1. The zero-order chi connectivity index (χ0) is 17.9. The second kappa shape index (κ2) is 7.53. The first-order valence-corrected chi connectivity index (χ1v) is 8.08. The van der Waals surface area contributed by atoms with Crippen LogP contribution in [0.4, 0.5) is 17.6 Å². The third-order valence-electron chi connectivity index (χ3n) is 4.34. The number of ether oxygens (including phenoxy) is 1. The number of H-pyrrole nitrogens is 1. The van der Waals surface area contributed by atoms with Crippen LogP contribution in [0.1, 0.15) is 29.7 Å². The first-order valence-electron chi connectivity index (χ1n) is 8.08. The molecule has 1 fully saturated rings. The Labute approximate surface area is 142 Å². The highest BCUT2D eigenvalue weighted by Gasteiger charge is 2.31. The normalized spacial score (nSPS) is 17.1. The molecule has 136 valence electrons. The number of nitrogens with zero attached hydrogens (tertiary/aromatic N) is 2. The average Bonchev–Trinajstić information content (AvgIpc) is 3.08. The van der Waals surface area contributed by atoms with Gasteiger partial charge in [0, 0.05) is 25.2 Å². The number of likely N-dealkylation sites (tertiary alicyclic amines) is 1. The molecule has 0 spiro atoms. The molecule has 0 aliphatic carbocycles. The summed E-state index contributed by atoms with van der Waals surface area (Å²) in [5, 5.41) is 0. The molecule has 0 radical (unpaired) electrons. The first kappa shape index (κ1) is 17.9. The van der Waals surface area contributed by atoms with Gasteiger partial charge in [0.05, 0.1) is 36.5 Å². The Morgan fingerprint density at radius 2 is 2.00 bits per heavy atom. The Morgan fingerprint density at radius 1 is 1.24 bits per heavy atom. The van der Waals surface area contributed by atoms with Crippen LogP contribution in [-0.2, 0) is 24.1 Å². The molecule has 2 heterocycles. The number of rotatable bonds is 5. The molecular formula is C17H19F4N3O. The fourth-order valence-electron chi connectivity index (χ4n) is 2.90. The molecule has 3 rings (SSSR count). The molecule has 0 saturated carbocycles. The van der Waals surface area contributed by atoms with E-state index in [0.717, 1.165) is 24.6 Å². The number of piperidine rings is 1. The van der Waals surface area contributed by atoms with Crippen molar-refractivity contribution >= 4 is 0 Å². The van der Waals surface area contributed by atoms with E-state index in [-0.39, 0.29) is 11.7 Å². The molecule has 0 atom stereocenters. The van der Waals surface area contributed by atoms with Gasteiger partial charge in [-0.2, -0.15) is 13.2 Å². The molecule has 1 aromatic carbocycles. The van der Waals surface area contributed by atoms with Crippen molar-refractivity contribution in [2.24, 2.45) is 0 Å². The summed E-state index contributed by atoms with van der Waals surface area (Å²) in [6, 6.07) is 2.72. The minimum Gasteiger partial charge on any atom is -0.372 e. The number of hydrogen-bond donors (Lipinski definition) is 1. The molecule has 8 heteroatoms. The molecule has 1 saturated heterocycles. The van der Waals surface area contributed by atoms with Gasteiger partial charge in [-0.05, 0) is 25.0 Å². The monoisotopic (exact) mass is 357 g/mol. The fourth-order valence-corrected chi connectivity index (χ4v) is 2.90. The van der Waals surface area contributed by atoms with Crippen LogP contribution in [-0.4, -0.2) is 34.1 Å². The van der Waals surface area contributed by atoms with E-state index in [4.69, 9.17) is 4.74 Å². The predicted octanol–water partition coefficient (Wildman–Crippen LogP) is 3.75. The molecule has 1 aliphatic rings. The number of halogens is 4. The van der Waals surface area contributed by atoms with Gasteiger partial charge in [0.15, 0.2) is 0 Å². The summed E-state index contributed by atoms with van der Waals surface area (Å²) in [7, 11) is 0. The van der Waals surface area contributed by atoms with Crippen molar-refractivity contribution in [3.63, 3.8) is 0 Å². The molecule has 2 aromatic rings. The summed E-state index contributed by atoms with van der Waals surface area (Å²) in [6.07, 6.45) is 0.510. The predicted molar refractivity (Wildman–Crippen MR) is 83.1 cm³/mol. The number of nitrogens with one attached hydrogen (secondary N) is 1. The van der Waals surface area contributed by atoms with Crippen LogP contribution in [0.25, 0.3) is 0 Å². The van der Waals surface area contributed by atoms with E-state index < -0.39 is 17.6 Å². The fraction of sp³-hybridized carbons (Fsp3) is 0.471. The van der Waals surface area contributed by atoms with Crippen molar-refractivity contribution in [2.75, 3.05) is 13.1 Å². The maximum absolute atomic E-state index is 13.9. The molecule has 25 heavy (non-hydrogen) atoms. The lowest BCUT2D eigenvalue weighted by Gasteiger charge is -2.32. The summed E-state index contributed by atoms with van der Waals surface area (Å²) < 4.78 is 57.5. The van der Waals surface area contributed by atoms with Gasteiger partial charge in [-0.1, -0.05) is 6.07 Å². The Kier molecular flexibility index (Phi) is 5.39. The second-order valence-electron chi connectivity index (χ2n) is 6.17. The number of hydrogen-bond acceptors (Lipinski definition) is 3. The topological polar surface area (TPSA) is 41.1 Å². The van der Waals surface area contributed by atoms with Crippen LogP contribution in [0.2, 0.25) is 0 Å². The zero-order valence-corrected chi connectivity index (χ0v) is 13.5. The van der Waals surface area contributed by atoms with E-state index >= 15 is 0 Å². The summed E-state index contributed by atoms with van der Waals surface area (Å²) >= 11 is 0. The Morgan fingerprint density at radius 3 is 2.60 bits per heavy atom. The van der Waals surface area contributed by atoms with Gasteiger partial charge in [0.25, 0.3) is 0 Å². The molecule has 0 amide bonds. The highest BCUT2D eigenvalue weighted by molar-refractivity contribution is 5.26. The molecule has 0 unspecified atom stereocenters. The largest absolute Gasteiger partial charge is 0.416 e. The van der Waals surface area contributed by atoms with Crippen LogP contribution in [0, 0.1) is 5.82 Å². The molecule has 1 aromatic heterocycles. The van der Waals surface area contributed by atoms with Crippen molar-refractivity contribution in [1.29, 1.82) is 0 Å². The van der Waals surface area contributed by atoms with E-state index in [1.807, 2.05) is 4.90 Å². The summed E-state index contributed by atoms with van der Waals surface area (Å²) in [5.41, 5.74) is 0.235. The Hall–Kier alpha value is -1.93. The van der Waals surface area contributed by atoms with Crippen molar-refractivity contribution in [3.05, 3.63) is 53.4 Å². The minimum absolute atomic E-state index is 0.122. The number of imidazole rings is 1. The van der Waals surface area contributed by atoms with Crippen LogP contribution in [0.3, 0.4) is 0 Å². The lowest BCUT2D eigenvalue weighted by Crippen LogP contribution is -2.36. The van der Waals surface area contributed by atoms with Crippen LogP contribution < -0.4 is 0 Å². The van der Waals surface area contributed by atoms with Crippen LogP contribution in [0.5, 0.6) is 0 Å². The molecule has 1 N–H and O–H groups in total. The Bertz CT molecular complexity index is 680. The van der Waals surface area contributed by atoms with Crippen molar-refractivity contribution < 1.29 is 22.3 Å². The zero-order valence-electron chi connectivity index (χ0n) is 13.5. The molecule has 4 nitrogen and oxygen atoms in total. The second-order valence-corrected chi connectivity index (χ2v) is 6.17. The number of alkyl halides is 3. The van der Waals surface area contributed by atoms with E-state index in [1.54, 1.807) is 12.5 Å². The van der Waals surface area contributed by atoms with E-state index in [2.05, 4.69) is 9.97 Å². The maximum Gasteiger partial charge on any atom is 0.416 e. The van der Waals surface area contributed by atoms with Crippen molar-refractivity contribution in [2.45, 2.75) is 38.3 Å². The Balaban J connectivity index is 1.49. The van der Waals surface area contributed by atoms with Gasteiger partial charge >= 0.3 is 6.18 Å². The smallest absolute Gasteiger partial charge is 0.372 e. The van der Waals surface area contributed by atoms with Gasteiger partial charge in [-0.25, -0.2) is 9.37 Å². The van der Waals surface area contributed by atoms with E-state index in [0.29, 0.717) is 32.3 Å². The van der Waals surface area contributed by atoms with Gasteiger partial charge < -0.3 is 9.72 Å². The highest BCUT2D eigenvalue weighted by Crippen LogP contribution is 2.30. The van der Waals surface area contributed by atoms with Gasteiger partial charge in [0.2, 0.25) is 0 Å². The van der Waals surface area contributed by atoms with E-state index in [1.165, 1.54) is 6.07 Å². The summed E-state index contributed by atoms with van der Waals surface area (Å²) in [5.74, 6) is -0.813. The van der Waals surface area contributed by atoms with Crippen molar-refractivity contribution in [1.82, 2.24) is 14.9 Å². The van der Waals surface area contributed by atoms with E-state index in [9.17, 15) is 17.6 Å². The molecular weight excluding hydrogens is 338 g/mol. The van der Waals surface area contributed by atoms with Crippen molar-refractivity contribution in [3.8, 4) is 0 Å². The standard InChI is InChI=1S/C17H19F4N3O/c18-16-7-13(17(19,20)21)2-1-12(16)9-24-5-3-15(4-6-24)25-10-14-8-22-11-23-14/h1-2,7-8,11,15H,3-6,9-10H2,(H,22,23). The number of aromatic nitrogens is 2. The number of benzene rings is 1. The summed E-state index contributed by atoms with van der Waals surface area (Å²) in [4.78, 5) is 8.93. The third-order valence-corrected chi connectivity index (χ3v) is 4.34. The van der Waals surface area contributed by atoms with Crippen LogP contribution in [0.15, 0.2) is 30.7 Å². The quantitative estimate of drug-likeness (QED) is 0.829. The van der Waals surface area contributed by atoms with Gasteiger partial charge in [-0.3, -0.25) is 4.90 Å². The van der Waals surface area contributed by atoms with Gasteiger partial charge in [0.1, 0.15) is 5.82 Å².